The Hall–Kier alpha value is -1.02. The predicted molar refractivity (Wildman–Crippen MR) is 76.9 cm³/mol. The molecule has 3 heteroatoms. The standard InChI is InChI=1S/C15H20ClNO/c1-2-9-17-10-3-4-12-5-6-13(11-14(12)17)15(18)7-8-16/h5-6,11H,2-4,7-10H2,1H3. The van der Waals surface area contributed by atoms with Crippen LogP contribution in [0.4, 0.5) is 5.69 Å². The van der Waals surface area contributed by atoms with Crippen molar-refractivity contribution in [2.45, 2.75) is 32.6 Å². The number of nitrogens with zero attached hydrogens (tertiary/aromatic N) is 1. The molecule has 0 saturated carbocycles. The van der Waals surface area contributed by atoms with Gasteiger partial charge in [0.1, 0.15) is 0 Å². The van der Waals surface area contributed by atoms with Crippen molar-refractivity contribution < 1.29 is 4.79 Å². The highest BCUT2D eigenvalue weighted by Gasteiger charge is 2.17. The average Bonchev–Trinajstić information content (AvgIpc) is 2.39. The van der Waals surface area contributed by atoms with Gasteiger partial charge in [-0.15, -0.1) is 11.6 Å². The molecule has 0 radical (unpaired) electrons. The summed E-state index contributed by atoms with van der Waals surface area (Å²) in [5.74, 6) is 0.545. The fourth-order valence-corrected chi connectivity index (χ4v) is 2.73. The molecule has 0 aromatic heterocycles. The quantitative estimate of drug-likeness (QED) is 0.598. The molecule has 0 unspecified atom stereocenters. The van der Waals surface area contributed by atoms with Crippen LogP contribution in [0.2, 0.25) is 0 Å². The highest BCUT2D eigenvalue weighted by Crippen LogP contribution is 2.28. The van der Waals surface area contributed by atoms with Gasteiger partial charge in [0.15, 0.2) is 5.78 Å². The number of alkyl halides is 1. The van der Waals surface area contributed by atoms with Gasteiger partial charge >= 0.3 is 0 Å². The van der Waals surface area contributed by atoms with Gasteiger partial charge in [-0.05, 0) is 30.9 Å². The van der Waals surface area contributed by atoms with Crippen molar-refractivity contribution in [3.8, 4) is 0 Å². The van der Waals surface area contributed by atoms with Crippen LogP contribution in [0.1, 0.15) is 42.1 Å². The molecule has 0 spiro atoms. The minimum absolute atomic E-state index is 0.148. The lowest BCUT2D eigenvalue weighted by Crippen LogP contribution is -2.30. The maximum Gasteiger partial charge on any atom is 0.164 e. The lowest BCUT2D eigenvalue weighted by Gasteiger charge is -2.31. The van der Waals surface area contributed by atoms with Crippen LogP contribution in [0.5, 0.6) is 0 Å². The van der Waals surface area contributed by atoms with E-state index in [1.54, 1.807) is 0 Å². The Morgan fingerprint density at radius 2 is 2.28 bits per heavy atom. The summed E-state index contributed by atoms with van der Waals surface area (Å²) in [6.07, 6.45) is 3.90. The summed E-state index contributed by atoms with van der Waals surface area (Å²) >= 11 is 5.64. The fourth-order valence-electron chi connectivity index (χ4n) is 2.56. The Morgan fingerprint density at radius 3 is 3.00 bits per heavy atom. The number of aryl methyl sites for hydroxylation is 1. The largest absolute Gasteiger partial charge is 0.371 e. The normalized spacial score (nSPS) is 14.4. The molecule has 0 bridgehead atoms. The van der Waals surface area contributed by atoms with E-state index >= 15 is 0 Å². The molecule has 0 atom stereocenters. The summed E-state index contributed by atoms with van der Waals surface area (Å²) in [6, 6.07) is 6.11. The zero-order valence-electron chi connectivity index (χ0n) is 10.9. The second-order valence-corrected chi connectivity index (χ2v) is 5.17. The minimum Gasteiger partial charge on any atom is -0.371 e. The third-order valence-corrected chi connectivity index (χ3v) is 3.63. The van der Waals surface area contributed by atoms with Crippen LogP contribution in [0.25, 0.3) is 0 Å². The molecule has 1 aliphatic heterocycles. The van der Waals surface area contributed by atoms with Gasteiger partial charge in [0.25, 0.3) is 0 Å². The van der Waals surface area contributed by atoms with Crippen molar-refractivity contribution in [1.29, 1.82) is 0 Å². The fraction of sp³-hybridized carbons (Fsp3) is 0.533. The first kappa shape index (κ1) is 13.4. The molecule has 2 nitrogen and oxygen atoms in total. The van der Waals surface area contributed by atoms with Crippen molar-refractivity contribution in [1.82, 2.24) is 0 Å². The average molecular weight is 266 g/mol. The van der Waals surface area contributed by atoms with E-state index in [0.717, 1.165) is 31.5 Å². The van der Waals surface area contributed by atoms with Gasteiger partial charge in [-0.2, -0.15) is 0 Å². The molecule has 18 heavy (non-hydrogen) atoms. The molecule has 1 aliphatic rings. The monoisotopic (exact) mass is 265 g/mol. The van der Waals surface area contributed by atoms with E-state index in [1.165, 1.54) is 17.7 Å². The van der Waals surface area contributed by atoms with E-state index in [4.69, 9.17) is 11.6 Å². The molecular weight excluding hydrogens is 246 g/mol. The molecule has 2 rings (SSSR count). The van der Waals surface area contributed by atoms with Crippen molar-refractivity contribution in [2.75, 3.05) is 23.9 Å². The van der Waals surface area contributed by atoms with Crippen molar-refractivity contribution in [2.24, 2.45) is 0 Å². The van der Waals surface area contributed by atoms with Crippen LogP contribution in [-0.2, 0) is 6.42 Å². The highest BCUT2D eigenvalue weighted by atomic mass is 35.5. The number of rotatable bonds is 5. The smallest absolute Gasteiger partial charge is 0.164 e. The first-order valence-corrected chi connectivity index (χ1v) is 7.26. The summed E-state index contributed by atoms with van der Waals surface area (Å²) in [7, 11) is 0. The van der Waals surface area contributed by atoms with Gasteiger partial charge in [-0.1, -0.05) is 19.1 Å². The number of anilines is 1. The van der Waals surface area contributed by atoms with E-state index in [2.05, 4.69) is 24.0 Å². The highest BCUT2D eigenvalue weighted by molar-refractivity contribution is 6.19. The summed E-state index contributed by atoms with van der Waals surface area (Å²) in [5, 5.41) is 0. The molecule has 98 valence electrons. The van der Waals surface area contributed by atoms with Crippen molar-refractivity contribution >= 4 is 23.1 Å². The predicted octanol–water partition coefficient (Wildman–Crippen LogP) is 3.66. The Bertz CT molecular complexity index is 431. The van der Waals surface area contributed by atoms with Crippen LogP contribution in [0.15, 0.2) is 18.2 Å². The number of carbonyl (C=O) groups excluding carboxylic acids is 1. The number of ketones is 1. The van der Waals surface area contributed by atoms with Crippen LogP contribution < -0.4 is 4.90 Å². The molecule has 0 saturated heterocycles. The summed E-state index contributed by atoms with van der Waals surface area (Å²) in [4.78, 5) is 14.3. The number of fused-ring (bicyclic) bond motifs is 1. The Balaban J connectivity index is 2.27. The Kier molecular flexibility index (Phi) is 4.65. The van der Waals surface area contributed by atoms with Crippen LogP contribution in [0.3, 0.4) is 0 Å². The second kappa shape index (κ2) is 6.24. The van der Waals surface area contributed by atoms with E-state index in [9.17, 15) is 4.79 Å². The van der Waals surface area contributed by atoms with Crippen molar-refractivity contribution in [3.63, 3.8) is 0 Å². The first-order valence-electron chi connectivity index (χ1n) is 6.73. The SMILES string of the molecule is CCCN1CCCc2ccc(C(=O)CCCl)cc21. The third-order valence-electron chi connectivity index (χ3n) is 3.44. The molecule has 0 fully saturated rings. The molecular formula is C15H20ClNO. The van der Waals surface area contributed by atoms with Crippen molar-refractivity contribution in [3.05, 3.63) is 29.3 Å². The molecule has 0 N–H and O–H groups in total. The maximum absolute atomic E-state index is 11.9. The summed E-state index contributed by atoms with van der Waals surface area (Å²) in [6.45, 7) is 4.37. The lowest BCUT2D eigenvalue weighted by molar-refractivity contribution is 0.0989. The van der Waals surface area contributed by atoms with E-state index in [-0.39, 0.29) is 5.78 Å². The number of halogens is 1. The molecule has 1 heterocycles. The Labute approximate surface area is 114 Å². The zero-order chi connectivity index (χ0) is 13.0. The second-order valence-electron chi connectivity index (χ2n) is 4.80. The summed E-state index contributed by atoms with van der Waals surface area (Å²) < 4.78 is 0. The number of carbonyl (C=O) groups is 1. The van der Waals surface area contributed by atoms with E-state index in [1.807, 2.05) is 6.07 Å². The molecule has 1 aromatic carbocycles. The van der Waals surface area contributed by atoms with Gasteiger partial charge < -0.3 is 4.90 Å². The van der Waals surface area contributed by atoms with Gasteiger partial charge in [0, 0.05) is 36.6 Å². The van der Waals surface area contributed by atoms with Crippen LogP contribution >= 0.6 is 11.6 Å². The number of Topliss-reactive ketones (excluding diaryl/α,β-unsaturated/α-hetero) is 1. The van der Waals surface area contributed by atoms with E-state index in [0.29, 0.717) is 12.3 Å². The number of benzene rings is 1. The summed E-state index contributed by atoms with van der Waals surface area (Å²) in [5.41, 5.74) is 3.43. The number of hydrogen-bond acceptors (Lipinski definition) is 2. The van der Waals surface area contributed by atoms with E-state index < -0.39 is 0 Å². The molecule has 1 aromatic rings. The van der Waals surface area contributed by atoms with Gasteiger partial charge in [0.2, 0.25) is 0 Å². The molecule has 0 aliphatic carbocycles. The van der Waals surface area contributed by atoms with Gasteiger partial charge in [0.05, 0.1) is 0 Å². The molecule has 0 amide bonds. The lowest BCUT2D eigenvalue weighted by atomic mass is 9.97. The van der Waals surface area contributed by atoms with Gasteiger partial charge in [-0.25, -0.2) is 0 Å². The third kappa shape index (κ3) is 2.86. The van der Waals surface area contributed by atoms with Crippen LogP contribution in [-0.4, -0.2) is 24.8 Å². The topological polar surface area (TPSA) is 20.3 Å². The van der Waals surface area contributed by atoms with Gasteiger partial charge in [-0.3, -0.25) is 4.79 Å². The first-order chi connectivity index (χ1) is 8.76. The number of hydrogen-bond donors (Lipinski definition) is 0. The maximum atomic E-state index is 11.9. The zero-order valence-corrected chi connectivity index (χ0v) is 11.7. The minimum atomic E-state index is 0.148. The Morgan fingerprint density at radius 1 is 1.44 bits per heavy atom. The van der Waals surface area contributed by atoms with Crippen LogP contribution in [0, 0.1) is 0 Å².